The standard InChI is InChI=1S/C10H8F8N2O2/c1-4(2)20-7(22-3-21)5(6(19-20)9(13,14)15)8(11,12)10(16,17)18/h3-4H,1-2H3. The monoisotopic (exact) mass is 340 g/mol. The van der Waals surface area contributed by atoms with Crippen molar-refractivity contribution in [2.75, 3.05) is 0 Å². The first-order valence-electron chi connectivity index (χ1n) is 5.50. The van der Waals surface area contributed by atoms with E-state index in [2.05, 4.69) is 9.84 Å². The second-order valence-electron chi connectivity index (χ2n) is 4.35. The molecule has 0 fully saturated rings. The molecule has 0 spiro atoms. The summed E-state index contributed by atoms with van der Waals surface area (Å²) in [6, 6.07) is -1.08. The topological polar surface area (TPSA) is 44.1 Å². The van der Waals surface area contributed by atoms with Crippen molar-refractivity contribution in [2.24, 2.45) is 0 Å². The summed E-state index contributed by atoms with van der Waals surface area (Å²) in [5, 5.41) is 2.71. The summed E-state index contributed by atoms with van der Waals surface area (Å²) < 4.78 is 106. The van der Waals surface area contributed by atoms with Gasteiger partial charge in [0.15, 0.2) is 5.69 Å². The minimum Gasteiger partial charge on any atom is -0.409 e. The van der Waals surface area contributed by atoms with Gasteiger partial charge in [-0.25, -0.2) is 4.68 Å². The van der Waals surface area contributed by atoms with E-state index in [1.165, 1.54) is 0 Å². The summed E-state index contributed by atoms with van der Waals surface area (Å²) in [4.78, 5) is 10.3. The number of hydrogen-bond acceptors (Lipinski definition) is 3. The summed E-state index contributed by atoms with van der Waals surface area (Å²) in [6.45, 7) is 1.74. The van der Waals surface area contributed by atoms with Gasteiger partial charge in [-0.05, 0) is 13.8 Å². The van der Waals surface area contributed by atoms with Crippen LogP contribution in [0.1, 0.15) is 31.1 Å². The van der Waals surface area contributed by atoms with E-state index in [0.717, 1.165) is 13.8 Å². The van der Waals surface area contributed by atoms with Crippen molar-refractivity contribution in [3.8, 4) is 5.88 Å². The summed E-state index contributed by atoms with van der Waals surface area (Å²) in [6.07, 6.45) is -11.9. The summed E-state index contributed by atoms with van der Waals surface area (Å²) in [5.74, 6) is -7.52. The third kappa shape index (κ3) is 2.99. The van der Waals surface area contributed by atoms with E-state index in [9.17, 15) is 39.9 Å². The largest absolute Gasteiger partial charge is 0.458 e. The van der Waals surface area contributed by atoms with Gasteiger partial charge in [-0.1, -0.05) is 0 Å². The van der Waals surface area contributed by atoms with Gasteiger partial charge in [0.1, 0.15) is 5.56 Å². The maximum absolute atomic E-state index is 13.4. The van der Waals surface area contributed by atoms with Crippen LogP contribution in [0.4, 0.5) is 35.1 Å². The Hall–Kier alpha value is -1.88. The quantitative estimate of drug-likeness (QED) is 0.621. The molecule has 22 heavy (non-hydrogen) atoms. The molecule has 0 radical (unpaired) electrons. The third-order valence-electron chi connectivity index (χ3n) is 2.45. The number of ether oxygens (including phenoxy) is 1. The lowest BCUT2D eigenvalue weighted by molar-refractivity contribution is -0.291. The molecule has 1 rings (SSSR count). The van der Waals surface area contributed by atoms with E-state index in [1.54, 1.807) is 0 Å². The van der Waals surface area contributed by atoms with Crippen molar-refractivity contribution in [1.29, 1.82) is 0 Å². The number of carbonyl (C=O) groups is 1. The Morgan fingerprint density at radius 3 is 1.91 bits per heavy atom. The molecule has 1 heterocycles. The van der Waals surface area contributed by atoms with Crippen molar-refractivity contribution in [2.45, 2.75) is 38.2 Å². The zero-order valence-corrected chi connectivity index (χ0v) is 10.9. The molecule has 0 aliphatic carbocycles. The molecule has 126 valence electrons. The first-order chi connectivity index (χ1) is 9.75. The Kier molecular flexibility index (Phi) is 4.45. The van der Waals surface area contributed by atoms with Crippen LogP contribution in [0.5, 0.6) is 5.88 Å². The highest BCUT2D eigenvalue weighted by molar-refractivity contribution is 5.49. The Balaban J connectivity index is 3.82. The molecule has 0 unspecified atom stereocenters. The fraction of sp³-hybridized carbons (Fsp3) is 0.600. The van der Waals surface area contributed by atoms with E-state index < -0.39 is 47.9 Å². The average molecular weight is 340 g/mol. The molecule has 0 N–H and O–H groups in total. The van der Waals surface area contributed by atoms with E-state index in [1.807, 2.05) is 0 Å². The molecule has 1 aromatic heterocycles. The van der Waals surface area contributed by atoms with Crippen LogP contribution in [-0.2, 0) is 16.9 Å². The highest BCUT2D eigenvalue weighted by Gasteiger charge is 2.64. The number of halogens is 8. The van der Waals surface area contributed by atoms with Crippen molar-refractivity contribution in [3.05, 3.63) is 11.3 Å². The normalized spacial score (nSPS) is 13.6. The van der Waals surface area contributed by atoms with Crippen LogP contribution in [0.15, 0.2) is 0 Å². The van der Waals surface area contributed by atoms with Gasteiger partial charge >= 0.3 is 18.3 Å². The molecule has 0 saturated heterocycles. The summed E-state index contributed by atoms with van der Waals surface area (Å²) in [7, 11) is 0. The summed E-state index contributed by atoms with van der Waals surface area (Å²) >= 11 is 0. The molecule has 4 nitrogen and oxygen atoms in total. The van der Waals surface area contributed by atoms with Crippen LogP contribution in [0.3, 0.4) is 0 Å². The average Bonchev–Trinajstić information content (AvgIpc) is 2.67. The molecule has 0 aromatic carbocycles. The first-order valence-corrected chi connectivity index (χ1v) is 5.50. The van der Waals surface area contributed by atoms with Crippen LogP contribution in [0.2, 0.25) is 0 Å². The molecule has 0 atom stereocenters. The van der Waals surface area contributed by atoms with Crippen LogP contribution < -0.4 is 4.74 Å². The molecule has 0 amide bonds. The van der Waals surface area contributed by atoms with Crippen LogP contribution in [-0.4, -0.2) is 22.4 Å². The fourth-order valence-electron chi connectivity index (χ4n) is 1.55. The van der Waals surface area contributed by atoms with Gasteiger partial charge in [-0.15, -0.1) is 0 Å². The Morgan fingerprint density at radius 1 is 1.09 bits per heavy atom. The van der Waals surface area contributed by atoms with E-state index >= 15 is 0 Å². The lowest BCUT2D eigenvalue weighted by Gasteiger charge is -2.21. The van der Waals surface area contributed by atoms with Gasteiger partial charge in [-0.3, -0.25) is 4.79 Å². The van der Waals surface area contributed by atoms with Gasteiger partial charge < -0.3 is 4.74 Å². The molecular formula is C10H8F8N2O2. The van der Waals surface area contributed by atoms with Gasteiger partial charge in [0, 0.05) is 0 Å². The van der Waals surface area contributed by atoms with Crippen molar-refractivity contribution >= 4 is 6.47 Å². The molecule has 0 aliphatic rings. The van der Waals surface area contributed by atoms with Crippen molar-refractivity contribution < 1.29 is 44.7 Å². The van der Waals surface area contributed by atoms with Gasteiger partial charge in [0.25, 0.3) is 6.47 Å². The predicted octanol–water partition coefficient (Wildman–Crippen LogP) is 3.67. The van der Waals surface area contributed by atoms with Gasteiger partial charge in [-0.2, -0.15) is 40.2 Å². The van der Waals surface area contributed by atoms with Crippen LogP contribution >= 0.6 is 0 Å². The highest BCUT2D eigenvalue weighted by Crippen LogP contribution is 2.51. The highest BCUT2D eigenvalue weighted by atomic mass is 19.4. The van der Waals surface area contributed by atoms with E-state index in [0.29, 0.717) is 0 Å². The number of aromatic nitrogens is 2. The molecule has 1 aromatic rings. The first kappa shape index (κ1) is 18.2. The molecular weight excluding hydrogens is 332 g/mol. The predicted molar refractivity (Wildman–Crippen MR) is 54.3 cm³/mol. The number of carbonyl (C=O) groups excluding carboxylic acids is 1. The second-order valence-corrected chi connectivity index (χ2v) is 4.35. The van der Waals surface area contributed by atoms with Crippen LogP contribution in [0.25, 0.3) is 0 Å². The minimum absolute atomic E-state index is 0.131. The van der Waals surface area contributed by atoms with Gasteiger partial charge in [0.2, 0.25) is 5.88 Å². The Morgan fingerprint density at radius 2 is 1.59 bits per heavy atom. The SMILES string of the molecule is CC(C)n1nc(C(F)(F)F)c(C(F)(F)C(F)(F)F)c1OC=O. The number of rotatable bonds is 4. The zero-order chi connectivity index (χ0) is 17.5. The third-order valence-corrected chi connectivity index (χ3v) is 2.45. The fourth-order valence-corrected chi connectivity index (χ4v) is 1.55. The lowest BCUT2D eigenvalue weighted by Crippen LogP contribution is -2.35. The molecule has 0 bridgehead atoms. The van der Waals surface area contributed by atoms with Crippen molar-refractivity contribution in [3.63, 3.8) is 0 Å². The maximum Gasteiger partial charge on any atom is 0.458 e. The Bertz CT molecular complexity index is 558. The van der Waals surface area contributed by atoms with E-state index in [-0.39, 0.29) is 4.68 Å². The van der Waals surface area contributed by atoms with Gasteiger partial charge in [0.05, 0.1) is 6.04 Å². The number of nitrogens with zero attached hydrogens (tertiary/aromatic N) is 2. The smallest absolute Gasteiger partial charge is 0.409 e. The number of hydrogen-bond donors (Lipinski definition) is 0. The van der Waals surface area contributed by atoms with Crippen molar-refractivity contribution in [1.82, 2.24) is 9.78 Å². The Labute approximate surface area is 117 Å². The molecule has 0 saturated carbocycles. The number of alkyl halides is 8. The summed E-state index contributed by atoms with van der Waals surface area (Å²) in [5.41, 5.74) is -5.02. The lowest BCUT2D eigenvalue weighted by atomic mass is 10.1. The van der Waals surface area contributed by atoms with Crippen LogP contribution in [0, 0.1) is 0 Å². The molecule has 0 aliphatic heterocycles. The second kappa shape index (κ2) is 5.39. The molecule has 12 heteroatoms. The van der Waals surface area contributed by atoms with E-state index in [4.69, 9.17) is 0 Å². The zero-order valence-electron chi connectivity index (χ0n) is 10.9. The minimum atomic E-state index is -6.33. The maximum atomic E-state index is 13.4.